The molecule has 1 aliphatic rings. The topological polar surface area (TPSA) is 340 Å². The number of carboxylic acid groups (broad SMARTS) is 1. The first-order chi connectivity index (χ1) is 25.7. The summed E-state index contributed by atoms with van der Waals surface area (Å²) >= 11 is 0. The number of amides is 6. The van der Waals surface area contributed by atoms with E-state index in [4.69, 9.17) is 22.9 Å². The Hall–Kier alpha value is -4.56. The van der Waals surface area contributed by atoms with E-state index in [0.29, 0.717) is 38.8 Å². The molecule has 20 heteroatoms. The predicted octanol–water partition coefficient (Wildman–Crippen LogP) is -2.90. The third-order valence-electron chi connectivity index (χ3n) is 9.08. The van der Waals surface area contributed by atoms with Crippen molar-refractivity contribution in [2.75, 3.05) is 19.6 Å². The number of unbranched alkanes of at least 4 members (excludes halogenated alkanes) is 1. The van der Waals surface area contributed by atoms with Gasteiger partial charge in [0.05, 0.1) is 12.1 Å². The number of aliphatic hydroxyl groups excluding tert-OH is 1. The molecule has 1 aliphatic heterocycles. The lowest BCUT2D eigenvalue weighted by Gasteiger charge is -2.30. The van der Waals surface area contributed by atoms with Crippen LogP contribution in [0.3, 0.4) is 0 Å². The van der Waals surface area contributed by atoms with Crippen LogP contribution in [-0.2, 0) is 33.6 Å². The van der Waals surface area contributed by atoms with E-state index >= 15 is 0 Å². The Labute approximate surface area is 323 Å². The summed E-state index contributed by atoms with van der Waals surface area (Å²) in [4.78, 5) is 97.2. The number of nitrogens with two attached hydrogens (primary N) is 4. The molecule has 0 aromatic carbocycles. The van der Waals surface area contributed by atoms with Gasteiger partial charge in [0.15, 0.2) is 5.96 Å². The van der Waals surface area contributed by atoms with E-state index in [1.54, 1.807) is 13.8 Å². The number of rotatable bonds is 24. The zero-order valence-corrected chi connectivity index (χ0v) is 33.0. The third-order valence-corrected chi connectivity index (χ3v) is 9.08. The van der Waals surface area contributed by atoms with Crippen molar-refractivity contribution in [3.05, 3.63) is 0 Å². The summed E-state index contributed by atoms with van der Waals surface area (Å²) in [6.45, 7) is 10.4. The lowest BCUT2D eigenvalue weighted by Crippen LogP contribution is -2.61. The molecule has 8 atom stereocenters. The van der Waals surface area contributed by atoms with Crippen LogP contribution in [0.25, 0.3) is 0 Å². The maximum atomic E-state index is 13.8. The van der Waals surface area contributed by atoms with Crippen molar-refractivity contribution >= 4 is 47.4 Å². The normalized spacial score (nSPS) is 17.9. The average Bonchev–Trinajstić information content (AvgIpc) is 3.59. The number of guanidine groups is 1. The molecule has 1 saturated heterocycles. The number of hydrogen-bond acceptors (Lipinski definition) is 11. The van der Waals surface area contributed by atoms with E-state index in [0.717, 1.165) is 6.42 Å². The highest BCUT2D eigenvalue weighted by molar-refractivity contribution is 5.97. The van der Waals surface area contributed by atoms with Crippen molar-refractivity contribution in [3.8, 4) is 0 Å². The number of aliphatic hydroxyl groups is 1. The van der Waals surface area contributed by atoms with Crippen molar-refractivity contribution < 1.29 is 43.8 Å². The van der Waals surface area contributed by atoms with Gasteiger partial charge < -0.3 is 64.6 Å². The first-order valence-electron chi connectivity index (χ1n) is 19.0. The highest BCUT2D eigenvalue weighted by Crippen LogP contribution is 2.20. The van der Waals surface area contributed by atoms with Crippen molar-refractivity contribution in [2.24, 2.45) is 39.8 Å². The Morgan fingerprint density at radius 3 is 1.93 bits per heavy atom. The van der Waals surface area contributed by atoms with Crippen LogP contribution >= 0.6 is 0 Å². The fraction of sp³-hybridized carbons (Fsp3) is 0.771. The molecule has 0 spiro atoms. The van der Waals surface area contributed by atoms with Crippen LogP contribution in [0.4, 0.5) is 0 Å². The van der Waals surface area contributed by atoms with E-state index in [-0.39, 0.29) is 43.6 Å². The minimum absolute atomic E-state index is 0.0334. The minimum Gasteiger partial charge on any atom is -0.480 e. The van der Waals surface area contributed by atoms with Gasteiger partial charge in [0.2, 0.25) is 35.4 Å². The molecule has 0 bridgehead atoms. The number of nitrogens with one attached hydrogen (secondary N) is 5. The summed E-state index contributed by atoms with van der Waals surface area (Å²) in [5, 5.41) is 32.1. The number of carbonyl (C=O) groups excluding carboxylic acids is 6. The fourth-order valence-corrected chi connectivity index (χ4v) is 5.97. The molecule has 15 N–H and O–H groups in total. The zero-order chi connectivity index (χ0) is 42.0. The Kier molecular flexibility index (Phi) is 21.2. The first kappa shape index (κ1) is 48.5. The molecule has 55 heavy (non-hydrogen) atoms. The molecule has 1 fully saturated rings. The van der Waals surface area contributed by atoms with Crippen molar-refractivity contribution in [1.29, 1.82) is 0 Å². The van der Waals surface area contributed by atoms with Gasteiger partial charge in [0, 0.05) is 13.1 Å². The molecule has 0 aromatic rings. The second kappa shape index (κ2) is 24.1. The van der Waals surface area contributed by atoms with Crippen LogP contribution in [0.5, 0.6) is 0 Å². The number of hydrogen-bond donors (Lipinski definition) is 11. The van der Waals surface area contributed by atoms with Gasteiger partial charge >= 0.3 is 5.97 Å². The van der Waals surface area contributed by atoms with Gasteiger partial charge in [-0.15, -0.1) is 0 Å². The summed E-state index contributed by atoms with van der Waals surface area (Å²) in [5.74, 6) is -6.20. The molecular weight excluding hydrogens is 718 g/mol. The molecular formula is C35H65N11O9. The number of aliphatic imine (C=N–C) groups is 1. The number of likely N-dealkylation sites (tertiary alicyclic amines) is 1. The Morgan fingerprint density at radius 2 is 1.38 bits per heavy atom. The maximum absolute atomic E-state index is 13.8. The zero-order valence-electron chi connectivity index (χ0n) is 33.0. The monoisotopic (exact) mass is 783 g/mol. The first-order valence-corrected chi connectivity index (χ1v) is 19.0. The smallest absolute Gasteiger partial charge is 0.325 e. The van der Waals surface area contributed by atoms with E-state index in [9.17, 15) is 43.8 Å². The van der Waals surface area contributed by atoms with Gasteiger partial charge in [0.1, 0.15) is 36.3 Å². The minimum atomic E-state index is -1.58. The Balaban J connectivity index is 3.23. The summed E-state index contributed by atoms with van der Waals surface area (Å²) in [6.07, 6.45) is 1.64. The highest BCUT2D eigenvalue weighted by Gasteiger charge is 2.39. The van der Waals surface area contributed by atoms with Gasteiger partial charge in [-0.05, 0) is 77.2 Å². The highest BCUT2D eigenvalue weighted by atomic mass is 16.4. The molecule has 0 aliphatic carbocycles. The van der Waals surface area contributed by atoms with Crippen molar-refractivity contribution in [3.63, 3.8) is 0 Å². The average molecular weight is 784 g/mol. The molecule has 6 amide bonds. The van der Waals surface area contributed by atoms with Gasteiger partial charge in [0.25, 0.3) is 0 Å². The van der Waals surface area contributed by atoms with E-state index in [1.165, 1.54) is 18.7 Å². The fourth-order valence-electron chi connectivity index (χ4n) is 5.97. The number of carboxylic acids is 1. The van der Waals surface area contributed by atoms with Gasteiger partial charge in [-0.2, -0.15) is 0 Å². The van der Waals surface area contributed by atoms with Crippen LogP contribution in [0.2, 0.25) is 0 Å². The number of carbonyl (C=O) groups is 7. The van der Waals surface area contributed by atoms with Crippen LogP contribution in [0.1, 0.15) is 92.9 Å². The standard InChI is InChI=1S/C35H65N11O9/c1-18(2)17-24(43-31(51)26(19(3)4)44-30(50)25-13-10-16-46(25)33(53)22(37)11-7-8-14-36)29(49)42-23(12-9-15-40-35(38)39)28(48)45-27(21(6)47)32(52)41-20(5)34(54)55/h18-27,47H,7-17,36-37H2,1-6H3,(H,41,52)(H,42,49)(H,43,51)(H,44,50)(H,45,48)(H,54,55)(H4,38,39,40)/t20-,21+,22-,23-,24-,25-,26-,27-/m0/s1. The lowest BCUT2D eigenvalue weighted by molar-refractivity contribution is -0.142. The summed E-state index contributed by atoms with van der Waals surface area (Å²) in [7, 11) is 0. The summed E-state index contributed by atoms with van der Waals surface area (Å²) in [6, 6.07) is -8.10. The number of nitrogens with zero attached hydrogens (tertiary/aromatic N) is 2. The van der Waals surface area contributed by atoms with E-state index in [1.807, 2.05) is 13.8 Å². The van der Waals surface area contributed by atoms with Crippen LogP contribution in [-0.4, -0.2) is 131 Å². The predicted molar refractivity (Wildman–Crippen MR) is 204 cm³/mol. The second-order valence-electron chi connectivity index (χ2n) is 14.8. The van der Waals surface area contributed by atoms with Gasteiger partial charge in [-0.3, -0.25) is 38.6 Å². The number of aliphatic carboxylic acids is 1. The summed E-state index contributed by atoms with van der Waals surface area (Å²) in [5.41, 5.74) is 22.5. The third kappa shape index (κ3) is 16.8. The SMILES string of the molecule is CC(C)C[C@H](NC(=O)[C@@H](NC(=O)[C@@H]1CCCN1C(=O)[C@@H](N)CCCCN)C(C)C)C(=O)N[C@@H](CCCN=C(N)N)C(=O)N[C@H](C(=O)N[C@@H](C)C(=O)O)[C@@H](C)O. The lowest BCUT2D eigenvalue weighted by atomic mass is 9.99. The second-order valence-corrected chi connectivity index (χ2v) is 14.8. The van der Waals surface area contributed by atoms with Crippen LogP contribution in [0, 0.1) is 11.8 Å². The Bertz CT molecular complexity index is 1340. The Morgan fingerprint density at radius 1 is 0.782 bits per heavy atom. The van der Waals surface area contributed by atoms with E-state index in [2.05, 4.69) is 31.6 Å². The van der Waals surface area contributed by atoms with Crippen molar-refractivity contribution in [1.82, 2.24) is 31.5 Å². The van der Waals surface area contributed by atoms with E-state index < -0.39 is 89.8 Å². The van der Waals surface area contributed by atoms with Crippen LogP contribution in [0.15, 0.2) is 4.99 Å². The molecule has 20 nitrogen and oxygen atoms in total. The van der Waals surface area contributed by atoms with Gasteiger partial charge in [-0.25, -0.2) is 0 Å². The molecule has 1 rings (SSSR count). The molecule has 0 unspecified atom stereocenters. The summed E-state index contributed by atoms with van der Waals surface area (Å²) < 4.78 is 0. The molecule has 0 radical (unpaired) electrons. The largest absolute Gasteiger partial charge is 0.480 e. The molecule has 0 saturated carbocycles. The molecule has 314 valence electrons. The van der Waals surface area contributed by atoms with Gasteiger partial charge in [-0.1, -0.05) is 34.1 Å². The molecule has 0 aromatic heterocycles. The quantitative estimate of drug-likeness (QED) is 0.0266. The maximum Gasteiger partial charge on any atom is 0.325 e. The van der Waals surface area contributed by atoms with Crippen LogP contribution < -0.4 is 49.5 Å². The van der Waals surface area contributed by atoms with Crippen molar-refractivity contribution in [2.45, 2.75) is 141 Å². The molecule has 1 heterocycles.